The molecule has 0 saturated heterocycles. The summed E-state index contributed by atoms with van der Waals surface area (Å²) in [6.45, 7) is 5.26. The molecule has 4 aromatic heterocycles. The molecule has 0 aliphatic heterocycles. The molecule has 0 bridgehead atoms. The molecular weight excluding hydrogens is 554 g/mol. The molecule has 0 aliphatic carbocycles. The van der Waals surface area contributed by atoms with Crippen molar-refractivity contribution in [2.75, 3.05) is 13.2 Å². The van der Waals surface area contributed by atoms with Crippen LogP contribution in [0.1, 0.15) is 25.0 Å². The number of pyridine rings is 2. The lowest BCUT2D eigenvalue weighted by molar-refractivity contribution is 0.340. The summed E-state index contributed by atoms with van der Waals surface area (Å²) in [5, 5.41) is 10.5. The molecule has 6 aromatic rings. The van der Waals surface area contributed by atoms with Gasteiger partial charge in [-0.05, 0) is 98.3 Å². The van der Waals surface area contributed by atoms with Crippen LogP contribution in [-0.2, 0) is 0 Å². The molecule has 0 fully saturated rings. The Kier molecular flexibility index (Phi) is 9.22. The maximum atomic E-state index is 5.92. The van der Waals surface area contributed by atoms with E-state index in [9.17, 15) is 0 Å². The average Bonchev–Trinajstić information content (AvgIpc) is 3.67. The number of benzene rings is 2. The molecule has 0 atom stereocenters. The van der Waals surface area contributed by atoms with Crippen molar-refractivity contribution in [3.63, 3.8) is 0 Å². The van der Waals surface area contributed by atoms with Crippen molar-refractivity contribution in [1.29, 1.82) is 0 Å². The Labute approximate surface area is 247 Å². The monoisotopic (exact) mass is 579 g/mol. The Bertz CT molecular complexity index is 1770. The lowest BCUT2D eigenvalue weighted by atomic mass is 10.1. The predicted molar refractivity (Wildman–Crippen MR) is 164 cm³/mol. The van der Waals surface area contributed by atoms with Gasteiger partial charge in [0.05, 0.1) is 24.5 Å². The Morgan fingerprint density at radius 3 is 2.17 bits per heavy atom. The van der Waals surface area contributed by atoms with Crippen molar-refractivity contribution in [3.8, 4) is 39.7 Å². The van der Waals surface area contributed by atoms with Gasteiger partial charge in [-0.25, -0.2) is 9.97 Å². The second-order valence-corrected chi connectivity index (χ2v) is 9.68. The zero-order valence-electron chi connectivity index (χ0n) is 22.5. The summed E-state index contributed by atoms with van der Waals surface area (Å²) in [6, 6.07) is 25.5. The molecule has 0 unspecified atom stereocenters. The van der Waals surface area contributed by atoms with Gasteiger partial charge < -0.3 is 9.47 Å². The van der Waals surface area contributed by atoms with Gasteiger partial charge in [0.2, 0.25) is 5.13 Å². The zero-order valence-corrected chi connectivity index (χ0v) is 24.1. The molecule has 41 heavy (non-hydrogen) atoms. The van der Waals surface area contributed by atoms with E-state index >= 15 is 0 Å². The Morgan fingerprint density at radius 2 is 1.51 bits per heavy atom. The number of nitrogens with zero attached hydrogens (tertiary/aromatic N) is 5. The van der Waals surface area contributed by atoms with Crippen LogP contribution in [0.25, 0.3) is 27.4 Å². The quantitative estimate of drug-likeness (QED) is 0.150. The van der Waals surface area contributed by atoms with Gasteiger partial charge in [0, 0.05) is 23.3 Å². The Hall–Kier alpha value is -4.71. The molecule has 0 radical (unpaired) electrons. The predicted octanol–water partition coefficient (Wildman–Crippen LogP) is 7.48. The Morgan fingerprint density at radius 1 is 0.829 bits per heavy atom. The molecule has 6 rings (SSSR count). The number of halogens is 1. The highest BCUT2D eigenvalue weighted by atomic mass is 35.5. The number of hydrogen-bond donors (Lipinski definition) is 0. The molecule has 0 saturated carbocycles. The third-order valence-corrected chi connectivity index (χ3v) is 6.80. The summed E-state index contributed by atoms with van der Waals surface area (Å²) in [5.41, 5.74) is 6.38. The van der Waals surface area contributed by atoms with Gasteiger partial charge in [0.25, 0.3) is 0 Å². The van der Waals surface area contributed by atoms with E-state index in [1.807, 2.05) is 73.0 Å². The molecule has 2 aromatic carbocycles. The second kappa shape index (κ2) is 13.6. The smallest absolute Gasteiger partial charge is 0.218 e. The Balaban J connectivity index is 0.000000170. The van der Waals surface area contributed by atoms with E-state index in [1.54, 1.807) is 17.9 Å². The van der Waals surface area contributed by atoms with Crippen LogP contribution in [0, 0.1) is 11.8 Å². The lowest BCUT2D eigenvalue weighted by Crippen LogP contribution is -1.98. The molecule has 0 spiro atoms. The lowest BCUT2D eigenvalue weighted by Gasteiger charge is -2.08. The normalized spacial score (nSPS) is 10.3. The van der Waals surface area contributed by atoms with E-state index in [-0.39, 0.29) is 0 Å². The summed E-state index contributed by atoms with van der Waals surface area (Å²) in [4.78, 5) is 8.48. The fourth-order valence-electron chi connectivity index (χ4n) is 4.01. The zero-order chi connectivity index (χ0) is 28.4. The highest BCUT2D eigenvalue weighted by Crippen LogP contribution is 2.31. The topological polar surface area (TPSA) is 75.0 Å². The highest BCUT2D eigenvalue weighted by molar-refractivity contribution is 7.11. The maximum Gasteiger partial charge on any atom is 0.218 e. The first kappa shape index (κ1) is 27.8. The largest absolute Gasteiger partial charge is 0.494 e. The summed E-state index contributed by atoms with van der Waals surface area (Å²) in [6.07, 6.45) is 3.44. The van der Waals surface area contributed by atoms with Crippen molar-refractivity contribution in [2.24, 2.45) is 0 Å². The number of fused-ring (bicyclic) bond motifs is 1. The minimum Gasteiger partial charge on any atom is -0.494 e. The molecule has 0 amide bonds. The highest BCUT2D eigenvalue weighted by Gasteiger charge is 2.15. The summed E-state index contributed by atoms with van der Waals surface area (Å²) < 4.78 is 12.9. The van der Waals surface area contributed by atoms with E-state index in [0.717, 1.165) is 50.0 Å². The van der Waals surface area contributed by atoms with Crippen LogP contribution in [0.15, 0.2) is 96.8 Å². The van der Waals surface area contributed by atoms with Crippen LogP contribution in [0.4, 0.5) is 0 Å². The van der Waals surface area contributed by atoms with Gasteiger partial charge in [-0.1, -0.05) is 34.8 Å². The summed E-state index contributed by atoms with van der Waals surface area (Å²) >= 11 is 7.41. The first-order valence-corrected chi connectivity index (χ1v) is 14.2. The molecule has 204 valence electrons. The van der Waals surface area contributed by atoms with Crippen molar-refractivity contribution >= 4 is 34.0 Å². The van der Waals surface area contributed by atoms with E-state index < -0.39 is 0 Å². The van der Waals surface area contributed by atoms with E-state index in [0.29, 0.717) is 18.4 Å². The molecule has 7 nitrogen and oxygen atoms in total. The SMILES string of the molecule is CCOc1ccc(-c2cc3cccnc3n2-c2nncs2)cc1.CCOc1ccc(C#Cc2cccnc2Cl)cc1. The van der Waals surface area contributed by atoms with Crippen molar-refractivity contribution in [1.82, 2.24) is 24.7 Å². The van der Waals surface area contributed by atoms with Crippen LogP contribution in [0.5, 0.6) is 11.5 Å². The number of ether oxygens (including phenoxy) is 2. The first-order valence-electron chi connectivity index (χ1n) is 13.0. The summed E-state index contributed by atoms with van der Waals surface area (Å²) in [5.74, 6) is 7.75. The third kappa shape index (κ3) is 6.90. The van der Waals surface area contributed by atoms with Crippen LogP contribution in [0.3, 0.4) is 0 Å². The first-order chi connectivity index (χ1) is 20.2. The van der Waals surface area contributed by atoms with Gasteiger partial charge in [-0.2, -0.15) is 0 Å². The molecule has 4 heterocycles. The number of aromatic nitrogens is 5. The van der Waals surface area contributed by atoms with Crippen LogP contribution < -0.4 is 9.47 Å². The second-order valence-electron chi connectivity index (χ2n) is 8.51. The third-order valence-electron chi connectivity index (χ3n) is 5.83. The van der Waals surface area contributed by atoms with Gasteiger partial charge in [-0.3, -0.25) is 4.57 Å². The molecule has 0 aliphatic rings. The fraction of sp³-hybridized carbons (Fsp3) is 0.125. The van der Waals surface area contributed by atoms with E-state index in [4.69, 9.17) is 21.1 Å². The van der Waals surface area contributed by atoms with Gasteiger partial charge in [0.1, 0.15) is 27.8 Å². The number of hydrogen-bond acceptors (Lipinski definition) is 7. The van der Waals surface area contributed by atoms with Gasteiger partial charge in [-0.15, -0.1) is 10.2 Å². The van der Waals surface area contributed by atoms with Crippen LogP contribution >= 0.6 is 22.9 Å². The standard InChI is InChI=1S/C17H14N4OS.C15H12ClNO/c1-2-22-14-7-5-12(6-8-14)15-10-13-4-3-9-18-16(13)21(15)17-20-19-11-23-17;1-2-18-14-9-6-12(7-10-14)5-8-13-4-3-11-17-15(13)16/h3-11H,2H2,1H3;3-4,6-7,9-11H,2H2,1H3. The minimum atomic E-state index is 0.427. The van der Waals surface area contributed by atoms with Crippen molar-refractivity contribution in [3.05, 3.63) is 113 Å². The summed E-state index contributed by atoms with van der Waals surface area (Å²) in [7, 11) is 0. The molecule has 0 N–H and O–H groups in total. The van der Waals surface area contributed by atoms with Gasteiger partial charge in [0.15, 0.2) is 0 Å². The maximum absolute atomic E-state index is 5.92. The van der Waals surface area contributed by atoms with Crippen LogP contribution in [-0.4, -0.2) is 37.9 Å². The number of rotatable bonds is 6. The van der Waals surface area contributed by atoms with Crippen molar-refractivity contribution in [2.45, 2.75) is 13.8 Å². The van der Waals surface area contributed by atoms with Crippen molar-refractivity contribution < 1.29 is 9.47 Å². The molecule has 9 heteroatoms. The average molecular weight is 580 g/mol. The van der Waals surface area contributed by atoms with Gasteiger partial charge >= 0.3 is 0 Å². The molecular formula is C32H26ClN5O2S. The van der Waals surface area contributed by atoms with Crippen LogP contribution in [0.2, 0.25) is 5.15 Å². The fourth-order valence-corrected chi connectivity index (χ4v) is 4.75. The van der Waals surface area contributed by atoms with E-state index in [2.05, 4.69) is 56.3 Å². The van der Waals surface area contributed by atoms with E-state index in [1.165, 1.54) is 11.3 Å². The minimum absolute atomic E-state index is 0.427.